The maximum Gasteiger partial charge on any atom is 0.304 e. The first kappa shape index (κ1) is 18.1. The average molecular weight is 341 g/mol. The minimum Gasteiger partial charge on any atom is -0.481 e. The van der Waals surface area contributed by atoms with Gasteiger partial charge in [-0.3, -0.25) is 4.79 Å². The predicted octanol–water partition coefficient (Wildman–Crippen LogP) is 1.99. The summed E-state index contributed by atoms with van der Waals surface area (Å²) in [5, 5.41) is 9.06. The van der Waals surface area contributed by atoms with Crippen molar-refractivity contribution in [2.75, 3.05) is 13.2 Å². The molecule has 0 saturated carbocycles. The molecule has 7 heteroatoms. The Kier molecular flexibility index (Phi) is 6.29. The second kappa shape index (κ2) is 8.01. The molecular weight excluding hydrogens is 318 g/mol. The van der Waals surface area contributed by atoms with Crippen LogP contribution >= 0.6 is 0 Å². The van der Waals surface area contributed by atoms with Crippen molar-refractivity contribution in [3.63, 3.8) is 0 Å². The smallest absolute Gasteiger partial charge is 0.304 e. The Morgan fingerprint density at radius 2 is 1.96 bits per heavy atom. The minimum absolute atomic E-state index is 0.103. The van der Waals surface area contributed by atoms with Gasteiger partial charge in [-0.2, -0.15) is 0 Å². The average Bonchev–Trinajstić information content (AvgIpc) is 2.92. The van der Waals surface area contributed by atoms with Crippen LogP contribution in [0.2, 0.25) is 0 Å². The third-order valence-corrected chi connectivity index (χ3v) is 5.02. The summed E-state index contributed by atoms with van der Waals surface area (Å²) in [4.78, 5) is 11.7. The molecular formula is C16H23NO5S. The number of aliphatic carboxylic acids is 1. The maximum absolute atomic E-state index is 12.4. The molecule has 1 saturated heterocycles. The first-order valence-electron chi connectivity index (χ1n) is 7.62. The Morgan fingerprint density at radius 1 is 1.35 bits per heavy atom. The van der Waals surface area contributed by atoms with Gasteiger partial charge in [0.1, 0.15) is 11.0 Å². The molecule has 0 bridgehead atoms. The van der Waals surface area contributed by atoms with Gasteiger partial charge in [0.25, 0.3) is 0 Å². The summed E-state index contributed by atoms with van der Waals surface area (Å²) in [6, 6.07) is 6.89. The van der Waals surface area contributed by atoms with Crippen LogP contribution in [0.1, 0.15) is 31.7 Å². The summed E-state index contributed by atoms with van der Waals surface area (Å²) in [5.74, 6) is -1.61. The highest BCUT2D eigenvalue weighted by Crippen LogP contribution is 2.25. The fraction of sp³-hybridized carbons (Fsp3) is 0.562. The lowest BCUT2D eigenvalue weighted by atomic mass is 10.0. The Labute approximate surface area is 138 Å². The van der Waals surface area contributed by atoms with Crippen LogP contribution in [0, 0.1) is 6.92 Å². The molecule has 0 spiro atoms. The van der Waals surface area contributed by atoms with Crippen LogP contribution in [-0.4, -0.2) is 40.3 Å². The van der Waals surface area contributed by atoms with Crippen molar-refractivity contribution in [2.24, 2.45) is 0 Å². The Bertz CT molecular complexity index is 554. The van der Waals surface area contributed by atoms with Crippen LogP contribution in [0.5, 0.6) is 0 Å². The van der Waals surface area contributed by atoms with Crippen LogP contribution in [0.25, 0.3) is 0 Å². The van der Waals surface area contributed by atoms with E-state index in [1.54, 1.807) is 12.1 Å². The molecule has 2 N–H and O–H groups in total. The van der Waals surface area contributed by atoms with E-state index in [2.05, 4.69) is 4.72 Å². The van der Waals surface area contributed by atoms with Gasteiger partial charge in [-0.1, -0.05) is 17.7 Å². The van der Waals surface area contributed by atoms with Gasteiger partial charge in [-0.15, -0.1) is 0 Å². The molecule has 1 aliphatic rings. The van der Waals surface area contributed by atoms with Gasteiger partial charge in [0.05, 0.1) is 24.5 Å². The summed E-state index contributed by atoms with van der Waals surface area (Å²) in [6.45, 7) is 4.88. The number of aryl methyl sites for hydroxylation is 1. The number of hydrogen-bond donors (Lipinski definition) is 2. The molecule has 1 heterocycles. The number of nitrogens with one attached hydrogen (secondary N) is 1. The molecule has 2 atom stereocenters. The first-order chi connectivity index (χ1) is 10.9. The molecule has 23 heavy (non-hydrogen) atoms. The second-order valence-corrected chi connectivity index (χ2v) is 7.11. The molecule has 2 rings (SSSR count). The van der Waals surface area contributed by atoms with E-state index in [4.69, 9.17) is 14.6 Å². The Hall–Kier alpha value is -1.28. The summed E-state index contributed by atoms with van der Waals surface area (Å²) in [5.41, 5.74) is 1.08. The normalized spacial score (nSPS) is 19.4. The summed E-state index contributed by atoms with van der Waals surface area (Å²) in [6.07, 6.45) is 0.942. The van der Waals surface area contributed by atoms with E-state index < -0.39 is 28.8 Å². The molecule has 1 fully saturated rings. The highest BCUT2D eigenvalue weighted by molar-refractivity contribution is 7.83. The number of ether oxygens (including phenoxy) is 2. The number of carbonyl (C=O) groups is 1. The zero-order valence-corrected chi connectivity index (χ0v) is 14.2. The summed E-state index contributed by atoms with van der Waals surface area (Å²) < 4.78 is 26.3. The van der Waals surface area contributed by atoms with Crippen LogP contribution in [0.15, 0.2) is 29.2 Å². The summed E-state index contributed by atoms with van der Waals surface area (Å²) >= 11 is 0. The molecule has 128 valence electrons. The van der Waals surface area contributed by atoms with Crippen molar-refractivity contribution in [2.45, 2.75) is 49.8 Å². The third-order valence-electron chi connectivity index (χ3n) is 3.77. The lowest BCUT2D eigenvalue weighted by Crippen LogP contribution is -2.36. The second-order valence-electron chi connectivity index (χ2n) is 5.86. The number of carboxylic acids is 1. The third kappa shape index (κ3) is 5.69. The zero-order chi connectivity index (χ0) is 16.9. The molecule has 1 aromatic carbocycles. The van der Waals surface area contributed by atoms with Crippen molar-refractivity contribution in [3.05, 3.63) is 29.8 Å². The van der Waals surface area contributed by atoms with E-state index in [0.717, 1.165) is 5.56 Å². The Morgan fingerprint density at radius 3 is 2.52 bits per heavy atom. The number of hydrogen-bond acceptors (Lipinski definition) is 4. The number of carboxylic acid groups (broad SMARTS) is 1. The van der Waals surface area contributed by atoms with Crippen LogP contribution in [0.4, 0.5) is 0 Å². The SMILES string of the molecule is Cc1ccc(S(=O)NC(CCC2(C)OCCO2)CC(=O)O)cc1. The molecule has 0 radical (unpaired) electrons. The molecule has 0 amide bonds. The van der Waals surface area contributed by atoms with E-state index >= 15 is 0 Å². The fourth-order valence-electron chi connectivity index (χ4n) is 2.43. The van der Waals surface area contributed by atoms with Crippen LogP contribution < -0.4 is 4.72 Å². The van der Waals surface area contributed by atoms with Gasteiger partial charge < -0.3 is 14.6 Å². The van der Waals surface area contributed by atoms with E-state index in [1.807, 2.05) is 26.0 Å². The maximum atomic E-state index is 12.4. The molecule has 0 aromatic heterocycles. The van der Waals surface area contributed by atoms with Gasteiger partial charge in [-0.25, -0.2) is 8.93 Å². The van der Waals surface area contributed by atoms with Crippen LogP contribution in [-0.2, 0) is 25.3 Å². The van der Waals surface area contributed by atoms with Crippen molar-refractivity contribution in [1.29, 1.82) is 0 Å². The van der Waals surface area contributed by atoms with Gasteiger partial charge in [0, 0.05) is 12.5 Å². The predicted molar refractivity (Wildman–Crippen MR) is 86.3 cm³/mol. The van der Waals surface area contributed by atoms with Crippen molar-refractivity contribution >= 4 is 17.0 Å². The fourth-order valence-corrected chi connectivity index (χ4v) is 3.46. The van der Waals surface area contributed by atoms with E-state index in [9.17, 15) is 9.00 Å². The Balaban J connectivity index is 1.95. The topological polar surface area (TPSA) is 84.9 Å². The van der Waals surface area contributed by atoms with Gasteiger partial charge in [0.2, 0.25) is 0 Å². The zero-order valence-electron chi connectivity index (χ0n) is 13.4. The molecule has 0 aliphatic carbocycles. The standard InChI is InChI=1S/C16H23NO5S/c1-12-3-5-14(6-4-12)23(20)17-13(11-15(18)19)7-8-16(2)21-9-10-22-16/h3-6,13,17H,7-11H2,1-2H3,(H,18,19). The van der Waals surface area contributed by atoms with E-state index in [1.165, 1.54) is 0 Å². The monoisotopic (exact) mass is 341 g/mol. The van der Waals surface area contributed by atoms with Gasteiger partial charge in [-0.05, 0) is 32.4 Å². The highest BCUT2D eigenvalue weighted by Gasteiger charge is 2.32. The lowest BCUT2D eigenvalue weighted by Gasteiger charge is -2.25. The number of benzene rings is 1. The van der Waals surface area contributed by atoms with Crippen molar-refractivity contribution in [1.82, 2.24) is 4.72 Å². The van der Waals surface area contributed by atoms with E-state index in [0.29, 0.717) is 31.0 Å². The lowest BCUT2D eigenvalue weighted by molar-refractivity contribution is -0.149. The quantitative estimate of drug-likeness (QED) is 0.755. The van der Waals surface area contributed by atoms with Crippen LogP contribution in [0.3, 0.4) is 0 Å². The van der Waals surface area contributed by atoms with Gasteiger partial charge in [0.15, 0.2) is 5.79 Å². The van der Waals surface area contributed by atoms with Crippen molar-refractivity contribution < 1.29 is 23.6 Å². The molecule has 2 unspecified atom stereocenters. The molecule has 6 nitrogen and oxygen atoms in total. The summed E-state index contributed by atoms with van der Waals surface area (Å²) in [7, 11) is -1.45. The largest absolute Gasteiger partial charge is 0.481 e. The van der Waals surface area contributed by atoms with Gasteiger partial charge >= 0.3 is 5.97 Å². The number of rotatable bonds is 8. The van der Waals surface area contributed by atoms with E-state index in [-0.39, 0.29) is 6.42 Å². The molecule has 1 aromatic rings. The van der Waals surface area contributed by atoms with Crippen molar-refractivity contribution in [3.8, 4) is 0 Å². The minimum atomic E-state index is -1.45. The first-order valence-corrected chi connectivity index (χ1v) is 8.77. The highest BCUT2D eigenvalue weighted by atomic mass is 32.2. The molecule has 1 aliphatic heterocycles.